The molecule has 0 aliphatic carbocycles. The van der Waals surface area contributed by atoms with E-state index in [4.69, 9.17) is 17.3 Å². The maximum absolute atomic E-state index is 6.18. The van der Waals surface area contributed by atoms with Crippen LogP contribution in [0.3, 0.4) is 0 Å². The Kier molecular flexibility index (Phi) is 6.61. The standard InChI is InChI=1S/C15H26OSi/c1-8-10-12-14(11-9-2)13-16-17(6,7)15(3,4)5/h1-2,14H,10-13H2,3-7H3. The molecule has 0 spiro atoms. The van der Waals surface area contributed by atoms with Crippen molar-refractivity contribution in [3.05, 3.63) is 0 Å². The molecule has 1 nitrogen and oxygen atoms in total. The van der Waals surface area contributed by atoms with Crippen molar-refractivity contribution in [1.82, 2.24) is 0 Å². The summed E-state index contributed by atoms with van der Waals surface area (Å²) in [5.74, 6) is 5.80. The van der Waals surface area contributed by atoms with Gasteiger partial charge in [-0.05, 0) is 30.5 Å². The Hall–Kier alpha value is -0.703. The minimum Gasteiger partial charge on any atom is -0.417 e. The molecule has 1 atom stereocenters. The minimum absolute atomic E-state index is 0.250. The second-order valence-corrected chi connectivity index (χ2v) is 10.9. The van der Waals surface area contributed by atoms with Crippen molar-refractivity contribution < 1.29 is 4.43 Å². The molecule has 0 bridgehead atoms. The van der Waals surface area contributed by atoms with Crippen LogP contribution in [0.4, 0.5) is 0 Å². The molecule has 0 aromatic carbocycles. The molecule has 0 aliphatic heterocycles. The Morgan fingerprint density at radius 2 is 1.76 bits per heavy atom. The summed E-state index contributed by atoms with van der Waals surface area (Å²) in [6.07, 6.45) is 13.2. The zero-order valence-electron chi connectivity index (χ0n) is 12.0. The fraction of sp³-hybridized carbons (Fsp3) is 0.733. The normalized spacial score (nSPS) is 13.8. The number of rotatable bonds is 6. The predicted octanol–water partition coefficient (Wildman–Crippen LogP) is 4.06. The van der Waals surface area contributed by atoms with Crippen LogP contribution in [0.1, 0.15) is 40.0 Å². The molecule has 1 unspecified atom stereocenters. The number of hydrogen-bond donors (Lipinski definition) is 0. The molecule has 0 heterocycles. The summed E-state index contributed by atoms with van der Waals surface area (Å²) in [4.78, 5) is 0. The summed E-state index contributed by atoms with van der Waals surface area (Å²) in [6.45, 7) is 12.0. The third-order valence-corrected chi connectivity index (χ3v) is 8.09. The highest BCUT2D eigenvalue weighted by molar-refractivity contribution is 6.74. The first-order valence-corrected chi connectivity index (χ1v) is 9.16. The molecule has 0 saturated carbocycles. The number of terminal acetylenes is 2. The Balaban J connectivity index is 4.31. The van der Waals surface area contributed by atoms with Crippen LogP contribution in [0.2, 0.25) is 18.1 Å². The molecular weight excluding hydrogens is 224 g/mol. The van der Waals surface area contributed by atoms with E-state index in [1.165, 1.54) is 0 Å². The quantitative estimate of drug-likeness (QED) is 0.510. The van der Waals surface area contributed by atoms with E-state index in [9.17, 15) is 0 Å². The van der Waals surface area contributed by atoms with E-state index in [1.54, 1.807) is 0 Å². The molecule has 0 radical (unpaired) electrons. The van der Waals surface area contributed by atoms with Gasteiger partial charge in [0.15, 0.2) is 8.32 Å². The summed E-state index contributed by atoms with van der Waals surface area (Å²) in [5.41, 5.74) is 0. The third-order valence-electron chi connectivity index (χ3n) is 3.59. The molecular formula is C15H26OSi. The van der Waals surface area contributed by atoms with Gasteiger partial charge in [-0.1, -0.05) is 20.8 Å². The van der Waals surface area contributed by atoms with Gasteiger partial charge in [-0.3, -0.25) is 0 Å². The van der Waals surface area contributed by atoms with Crippen LogP contribution in [0.5, 0.6) is 0 Å². The number of hydrogen-bond acceptors (Lipinski definition) is 1. The third kappa shape index (κ3) is 5.96. The summed E-state index contributed by atoms with van der Waals surface area (Å²) < 4.78 is 6.18. The van der Waals surface area contributed by atoms with Crippen LogP contribution < -0.4 is 0 Å². The average molecular weight is 250 g/mol. The highest BCUT2D eigenvalue weighted by atomic mass is 28.4. The highest BCUT2D eigenvalue weighted by Gasteiger charge is 2.37. The lowest BCUT2D eigenvalue weighted by Crippen LogP contribution is -2.41. The first-order valence-electron chi connectivity index (χ1n) is 6.25. The zero-order valence-corrected chi connectivity index (χ0v) is 13.0. The molecule has 0 aromatic rings. The van der Waals surface area contributed by atoms with Crippen molar-refractivity contribution in [3.63, 3.8) is 0 Å². The van der Waals surface area contributed by atoms with Gasteiger partial charge in [0.1, 0.15) is 0 Å². The predicted molar refractivity (Wildman–Crippen MR) is 78.2 cm³/mol. The van der Waals surface area contributed by atoms with Crippen LogP contribution in [-0.4, -0.2) is 14.9 Å². The van der Waals surface area contributed by atoms with Gasteiger partial charge < -0.3 is 4.43 Å². The fourth-order valence-corrected chi connectivity index (χ4v) is 2.33. The maximum atomic E-state index is 6.18. The van der Waals surface area contributed by atoms with Gasteiger partial charge in [0.25, 0.3) is 0 Å². The van der Waals surface area contributed by atoms with Gasteiger partial charge in [-0.25, -0.2) is 0 Å². The molecule has 0 N–H and O–H groups in total. The topological polar surface area (TPSA) is 9.23 Å². The molecule has 0 aliphatic rings. The molecule has 0 aromatic heterocycles. The van der Waals surface area contributed by atoms with Gasteiger partial charge in [0, 0.05) is 19.4 Å². The largest absolute Gasteiger partial charge is 0.417 e. The van der Waals surface area contributed by atoms with Gasteiger partial charge in [0.2, 0.25) is 0 Å². The smallest absolute Gasteiger partial charge is 0.191 e. The summed E-state index contributed by atoms with van der Waals surface area (Å²) in [6, 6.07) is 0. The SMILES string of the molecule is C#CCCC(CC#C)CO[Si](C)(C)C(C)(C)C. The van der Waals surface area contributed by atoms with E-state index in [-0.39, 0.29) is 5.04 Å². The molecule has 2 heteroatoms. The van der Waals surface area contributed by atoms with Gasteiger partial charge >= 0.3 is 0 Å². The Morgan fingerprint density at radius 1 is 1.18 bits per heavy atom. The van der Waals surface area contributed by atoms with Gasteiger partial charge in [-0.15, -0.1) is 24.7 Å². The lowest BCUT2D eigenvalue weighted by molar-refractivity contribution is 0.224. The van der Waals surface area contributed by atoms with Crippen molar-refractivity contribution in [2.75, 3.05) is 6.61 Å². The minimum atomic E-state index is -1.66. The van der Waals surface area contributed by atoms with Gasteiger partial charge in [0.05, 0.1) is 0 Å². The summed E-state index contributed by atoms with van der Waals surface area (Å²) in [5, 5.41) is 0.250. The molecule has 0 fully saturated rings. The summed E-state index contributed by atoms with van der Waals surface area (Å²) in [7, 11) is -1.66. The Morgan fingerprint density at radius 3 is 2.18 bits per heavy atom. The molecule has 0 saturated heterocycles. The summed E-state index contributed by atoms with van der Waals surface area (Å²) >= 11 is 0. The van der Waals surface area contributed by atoms with E-state index in [1.807, 2.05) is 0 Å². The average Bonchev–Trinajstić information content (AvgIpc) is 2.20. The van der Waals surface area contributed by atoms with Crippen LogP contribution in [-0.2, 0) is 4.43 Å². The molecule has 0 rings (SSSR count). The van der Waals surface area contributed by atoms with Crippen LogP contribution in [0.25, 0.3) is 0 Å². The van der Waals surface area contributed by atoms with Crippen LogP contribution >= 0.6 is 0 Å². The second-order valence-electron chi connectivity index (χ2n) is 6.09. The van der Waals surface area contributed by atoms with Crippen molar-refractivity contribution in [3.8, 4) is 24.7 Å². The highest BCUT2D eigenvalue weighted by Crippen LogP contribution is 2.37. The lowest BCUT2D eigenvalue weighted by atomic mass is 10.0. The van der Waals surface area contributed by atoms with Crippen LogP contribution in [0.15, 0.2) is 0 Å². The van der Waals surface area contributed by atoms with Gasteiger partial charge in [-0.2, -0.15) is 0 Å². The lowest BCUT2D eigenvalue weighted by Gasteiger charge is -2.37. The second kappa shape index (κ2) is 6.89. The van der Waals surface area contributed by atoms with Crippen molar-refractivity contribution >= 4 is 8.32 Å². The van der Waals surface area contributed by atoms with Crippen molar-refractivity contribution in [2.45, 2.75) is 58.2 Å². The van der Waals surface area contributed by atoms with E-state index in [2.05, 4.69) is 45.7 Å². The van der Waals surface area contributed by atoms with Crippen molar-refractivity contribution in [2.24, 2.45) is 5.92 Å². The molecule has 17 heavy (non-hydrogen) atoms. The van der Waals surface area contributed by atoms with Crippen LogP contribution in [0, 0.1) is 30.6 Å². The van der Waals surface area contributed by atoms with E-state index in [0.29, 0.717) is 5.92 Å². The van der Waals surface area contributed by atoms with E-state index in [0.717, 1.165) is 25.9 Å². The molecule has 0 amide bonds. The van der Waals surface area contributed by atoms with Crippen molar-refractivity contribution in [1.29, 1.82) is 0 Å². The first kappa shape index (κ1) is 16.3. The monoisotopic (exact) mass is 250 g/mol. The maximum Gasteiger partial charge on any atom is 0.191 e. The first-order chi connectivity index (χ1) is 7.74. The van der Waals surface area contributed by atoms with E-state index >= 15 is 0 Å². The zero-order chi connectivity index (χ0) is 13.5. The molecule has 96 valence electrons. The Bertz CT molecular complexity index is 298. The Labute approximate surface area is 108 Å². The van der Waals surface area contributed by atoms with E-state index < -0.39 is 8.32 Å². The fourth-order valence-electron chi connectivity index (χ4n) is 1.24.